The van der Waals surface area contributed by atoms with Crippen LogP contribution >= 0.6 is 0 Å². The summed E-state index contributed by atoms with van der Waals surface area (Å²) in [5.74, 6) is -0.871. The first kappa shape index (κ1) is 19.8. The second-order valence-electron chi connectivity index (χ2n) is 6.87. The minimum absolute atomic E-state index is 0.0491. The number of hydrogen-bond acceptors (Lipinski definition) is 5. The number of carbonyl (C=O) groups excluding carboxylic acids is 1. The molecule has 1 amide bonds. The lowest BCUT2D eigenvalue weighted by Crippen LogP contribution is -2.36. The predicted molar refractivity (Wildman–Crippen MR) is 99.8 cm³/mol. The lowest BCUT2D eigenvalue weighted by atomic mass is 10.0. The van der Waals surface area contributed by atoms with Gasteiger partial charge in [-0.25, -0.2) is 18.3 Å². The van der Waals surface area contributed by atoms with Gasteiger partial charge in [0.15, 0.2) is 5.82 Å². The zero-order chi connectivity index (χ0) is 20.4. The predicted octanol–water partition coefficient (Wildman–Crippen LogP) is 1.98. The Hall–Kier alpha value is -2.94. The van der Waals surface area contributed by atoms with Crippen molar-refractivity contribution >= 4 is 11.7 Å². The van der Waals surface area contributed by atoms with Crippen molar-refractivity contribution in [2.45, 2.75) is 26.3 Å². The Morgan fingerprint density at radius 3 is 2.54 bits per heavy atom. The molecular weight excluding hydrogens is 366 g/mol. The van der Waals surface area contributed by atoms with E-state index in [2.05, 4.69) is 20.4 Å². The number of aromatic nitrogens is 4. The van der Waals surface area contributed by atoms with E-state index in [1.165, 1.54) is 18.2 Å². The first-order chi connectivity index (χ1) is 13.3. The maximum Gasteiger partial charge on any atom is 0.252 e. The number of fused-ring (bicyclic) bond motifs is 1. The van der Waals surface area contributed by atoms with Crippen LogP contribution in [0.3, 0.4) is 0 Å². The number of aryl methyl sites for hydroxylation is 2. The molecule has 0 radical (unpaired) electrons. The number of hydrogen-bond donors (Lipinski definition) is 1. The van der Waals surface area contributed by atoms with Crippen molar-refractivity contribution in [2.75, 3.05) is 20.6 Å². The van der Waals surface area contributed by atoms with Crippen LogP contribution in [0, 0.1) is 25.5 Å². The van der Waals surface area contributed by atoms with Crippen LogP contribution < -0.4 is 5.32 Å². The second kappa shape index (κ2) is 7.97. The largest absolute Gasteiger partial charge is 0.354 e. The Balaban J connectivity index is 1.71. The maximum atomic E-state index is 14.1. The topological polar surface area (TPSA) is 75.4 Å². The normalized spacial score (nSPS) is 12.5. The molecule has 3 aromatic rings. The smallest absolute Gasteiger partial charge is 0.252 e. The van der Waals surface area contributed by atoms with E-state index in [4.69, 9.17) is 0 Å². The van der Waals surface area contributed by atoms with Gasteiger partial charge in [-0.3, -0.25) is 4.79 Å². The fourth-order valence-electron chi connectivity index (χ4n) is 3.07. The van der Waals surface area contributed by atoms with E-state index in [9.17, 15) is 13.6 Å². The highest BCUT2D eigenvalue weighted by Crippen LogP contribution is 2.23. The van der Waals surface area contributed by atoms with Crippen molar-refractivity contribution in [1.82, 2.24) is 29.8 Å². The van der Waals surface area contributed by atoms with Crippen molar-refractivity contribution in [3.05, 3.63) is 58.7 Å². The molecule has 0 aliphatic rings. The van der Waals surface area contributed by atoms with Crippen molar-refractivity contribution in [3.63, 3.8) is 0 Å². The van der Waals surface area contributed by atoms with E-state index in [1.807, 2.05) is 19.9 Å². The Bertz CT molecular complexity index is 997. The SMILES string of the molecule is Cc1cc(C)n2nc(CC(=O)NCC(c3c(F)cccc3F)N(C)C)nc2n1. The van der Waals surface area contributed by atoms with Crippen molar-refractivity contribution in [2.24, 2.45) is 0 Å². The number of nitrogens with one attached hydrogen (secondary N) is 1. The van der Waals surface area contributed by atoms with Crippen LogP contribution in [0.25, 0.3) is 5.78 Å². The molecule has 0 aliphatic carbocycles. The van der Waals surface area contributed by atoms with Crippen LogP contribution in [-0.2, 0) is 11.2 Å². The molecule has 1 N–H and O–H groups in total. The van der Waals surface area contributed by atoms with E-state index in [1.54, 1.807) is 23.5 Å². The molecule has 1 unspecified atom stereocenters. The molecule has 2 aromatic heterocycles. The molecule has 0 spiro atoms. The van der Waals surface area contributed by atoms with Gasteiger partial charge in [-0.2, -0.15) is 4.98 Å². The Morgan fingerprint density at radius 2 is 1.89 bits per heavy atom. The van der Waals surface area contributed by atoms with Gasteiger partial charge >= 0.3 is 0 Å². The van der Waals surface area contributed by atoms with Gasteiger partial charge in [0.1, 0.15) is 11.6 Å². The number of nitrogens with zero attached hydrogens (tertiary/aromatic N) is 5. The highest BCUT2D eigenvalue weighted by molar-refractivity contribution is 5.77. The van der Waals surface area contributed by atoms with Gasteiger partial charge in [0.05, 0.1) is 12.5 Å². The van der Waals surface area contributed by atoms with Gasteiger partial charge < -0.3 is 10.2 Å². The number of halogens is 2. The number of amides is 1. The summed E-state index contributed by atoms with van der Waals surface area (Å²) >= 11 is 0. The van der Waals surface area contributed by atoms with Crippen LogP contribution in [-0.4, -0.2) is 51.0 Å². The molecule has 0 aliphatic heterocycles. The molecule has 0 saturated carbocycles. The van der Waals surface area contributed by atoms with Crippen molar-refractivity contribution in [1.29, 1.82) is 0 Å². The third-order valence-corrected chi connectivity index (χ3v) is 4.43. The summed E-state index contributed by atoms with van der Waals surface area (Å²) < 4.78 is 29.8. The number of rotatable bonds is 6. The summed E-state index contributed by atoms with van der Waals surface area (Å²) in [4.78, 5) is 22.6. The summed E-state index contributed by atoms with van der Waals surface area (Å²) in [6.07, 6.45) is -0.0538. The van der Waals surface area contributed by atoms with Crippen LogP contribution in [0.4, 0.5) is 8.78 Å². The summed E-state index contributed by atoms with van der Waals surface area (Å²) in [6.45, 7) is 3.79. The zero-order valence-corrected chi connectivity index (χ0v) is 16.2. The van der Waals surface area contributed by atoms with Gasteiger partial charge in [-0.15, -0.1) is 5.10 Å². The molecule has 3 rings (SSSR count). The molecule has 28 heavy (non-hydrogen) atoms. The van der Waals surface area contributed by atoms with E-state index in [-0.39, 0.29) is 24.4 Å². The van der Waals surface area contributed by atoms with Gasteiger partial charge in [0.25, 0.3) is 5.78 Å². The average molecular weight is 388 g/mol. The monoisotopic (exact) mass is 388 g/mol. The van der Waals surface area contributed by atoms with E-state index < -0.39 is 17.7 Å². The molecule has 0 bridgehead atoms. The van der Waals surface area contributed by atoms with Crippen molar-refractivity contribution < 1.29 is 13.6 Å². The Labute approximate surface area is 161 Å². The van der Waals surface area contributed by atoms with E-state index >= 15 is 0 Å². The highest BCUT2D eigenvalue weighted by Gasteiger charge is 2.23. The van der Waals surface area contributed by atoms with Crippen LogP contribution in [0.2, 0.25) is 0 Å². The standard InChI is InChI=1S/C19H22F2N6O/c1-11-8-12(2)27-19(23-11)24-16(25-27)9-17(28)22-10-15(26(3)4)18-13(20)6-5-7-14(18)21/h5-8,15H,9-10H2,1-4H3,(H,22,28). The molecule has 148 valence electrons. The quantitative estimate of drug-likeness (QED) is 0.699. The highest BCUT2D eigenvalue weighted by atomic mass is 19.1. The second-order valence-corrected chi connectivity index (χ2v) is 6.87. The van der Waals surface area contributed by atoms with Gasteiger partial charge in [0.2, 0.25) is 5.91 Å². The fraction of sp³-hybridized carbons (Fsp3) is 0.368. The Kier molecular flexibility index (Phi) is 5.64. The van der Waals surface area contributed by atoms with Crippen molar-refractivity contribution in [3.8, 4) is 0 Å². The summed E-state index contributed by atoms with van der Waals surface area (Å²) in [6, 6.07) is 4.94. The summed E-state index contributed by atoms with van der Waals surface area (Å²) in [5, 5.41) is 7.01. The average Bonchev–Trinajstić information content (AvgIpc) is 2.99. The van der Waals surface area contributed by atoms with Gasteiger partial charge in [-0.1, -0.05) is 6.07 Å². The molecule has 2 heterocycles. The van der Waals surface area contributed by atoms with E-state index in [0.717, 1.165) is 11.4 Å². The summed E-state index contributed by atoms with van der Waals surface area (Å²) in [5.41, 5.74) is 1.60. The van der Waals surface area contributed by atoms with Gasteiger partial charge in [-0.05, 0) is 46.1 Å². The number of benzene rings is 1. The molecule has 7 nitrogen and oxygen atoms in total. The third kappa shape index (κ3) is 4.14. The molecule has 1 aromatic carbocycles. The Morgan fingerprint density at radius 1 is 1.21 bits per heavy atom. The molecule has 9 heteroatoms. The van der Waals surface area contributed by atoms with Crippen LogP contribution in [0.5, 0.6) is 0 Å². The zero-order valence-electron chi connectivity index (χ0n) is 16.2. The summed E-state index contributed by atoms with van der Waals surface area (Å²) in [7, 11) is 3.40. The third-order valence-electron chi connectivity index (χ3n) is 4.43. The first-order valence-electron chi connectivity index (χ1n) is 8.83. The molecular formula is C19H22F2N6O. The fourth-order valence-corrected chi connectivity index (χ4v) is 3.07. The lowest BCUT2D eigenvalue weighted by molar-refractivity contribution is -0.120. The van der Waals surface area contributed by atoms with Gasteiger partial charge in [0, 0.05) is 23.5 Å². The minimum Gasteiger partial charge on any atom is -0.354 e. The van der Waals surface area contributed by atoms with Crippen LogP contribution in [0.1, 0.15) is 28.8 Å². The number of carbonyl (C=O) groups is 1. The van der Waals surface area contributed by atoms with Crippen LogP contribution in [0.15, 0.2) is 24.3 Å². The molecule has 0 fully saturated rings. The first-order valence-corrected chi connectivity index (χ1v) is 8.83. The van der Waals surface area contributed by atoms with E-state index in [0.29, 0.717) is 11.6 Å². The lowest BCUT2D eigenvalue weighted by Gasteiger charge is -2.25. The molecule has 1 atom stereocenters. The maximum absolute atomic E-state index is 14.1. The molecule has 0 saturated heterocycles. The number of likely N-dealkylation sites (N-methyl/N-ethyl adjacent to an activating group) is 1. The minimum atomic E-state index is -0.647.